The quantitative estimate of drug-likeness (QED) is 0.907. The van der Waals surface area contributed by atoms with Crippen LogP contribution in [0.1, 0.15) is 16.7 Å². The third-order valence-electron chi connectivity index (χ3n) is 2.88. The van der Waals surface area contributed by atoms with Crippen molar-refractivity contribution in [1.29, 1.82) is 0 Å². The Hall–Kier alpha value is -1.55. The van der Waals surface area contributed by atoms with Crippen LogP contribution in [0, 0.1) is 13.8 Å². The average molecular weight is 307 g/mol. The molecule has 0 unspecified atom stereocenters. The maximum absolute atomic E-state index is 9.87. The fraction of sp³-hybridized carbons (Fsp3) is 0.214. The monoisotopic (exact) mass is 306 g/mol. The number of hydrogen-bond acceptors (Lipinski definition) is 3. The van der Waals surface area contributed by atoms with Crippen LogP contribution in [0.3, 0.4) is 0 Å². The van der Waals surface area contributed by atoms with Gasteiger partial charge in [0.25, 0.3) is 0 Å². The molecule has 0 fully saturated rings. The van der Waals surface area contributed by atoms with E-state index >= 15 is 0 Å². The predicted molar refractivity (Wildman–Crippen MR) is 76.8 cm³/mol. The lowest BCUT2D eigenvalue weighted by atomic mass is 10.1. The molecule has 0 bridgehead atoms. The number of nitrogens with one attached hydrogen (secondary N) is 1. The van der Waals surface area contributed by atoms with Crippen LogP contribution in [0.5, 0.6) is 5.75 Å². The van der Waals surface area contributed by atoms with Crippen LogP contribution in [0.4, 0.5) is 5.82 Å². The number of nitrogens with zero attached hydrogens (tertiary/aromatic N) is 1. The highest BCUT2D eigenvalue weighted by Crippen LogP contribution is 2.22. The van der Waals surface area contributed by atoms with E-state index < -0.39 is 0 Å². The van der Waals surface area contributed by atoms with E-state index in [0.717, 1.165) is 21.4 Å². The highest BCUT2D eigenvalue weighted by molar-refractivity contribution is 9.10. The van der Waals surface area contributed by atoms with Gasteiger partial charge >= 0.3 is 0 Å². The molecule has 0 saturated heterocycles. The summed E-state index contributed by atoms with van der Waals surface area (Å²) in [5.74, 6) is 1.11. The Morgan fingerprint density at radius 2 is 1.94 bits per heavy atom. The largest absolute Gasteiger partial charge is 0.508 e. The summed E-state index contributed by atoms with van der Waals surface area (Å²) in [5.41, 5.74) is 3.15. The smallest absolute Gasteiger partial charge is 0.126 e. The van der Waals surface area contributed by atoms with Crippen molar-refractivity contribution in [2.45, 2.75) is 20.4 Å². The number of pyridine rings is 1. The lowest BCUT2D eigenvalue weighted by molar-refractivity contribution is 0.468. The third-order valence-corrected chi connectivity index (χ3v) is 3.35. The number of hydrogen-bond donors (Lipinski definition) is 2. The highest BCUT2D eigenvalue weighted by Gasteiger charge is 2.04. The van der Waals surface area contributed by atoms with Crippen LogP contribution in [-0.2, 0) is 6.54 Å². The first-order valence-electron chi connectivity index (χ1n) is 5.71. The minimum Gasteiger partial charge on any atom is -0.508 e. The van der Waals surface area contributed by atoms with Crippen molar-refractivity contribution in [1.82, 2.24) is 4.98 Å². The summed E-state index contributed by atoms with van der Waals surface area (Å²) in [5, 5.41) is 13.1. The maximum atomic E-state index is 9.87. The summed E-state index contributed by atoms with van der Waals surface area (Å²) in [6, 6.07) is 7.61. The number of halogens is 1. The van der Waals surface area contributed by atoms with Gasteiger partial charge in [0.1, 0.15) is 11.6 Å². The van der Waals surface area contributed by atoms with Gasteiger partial charge in [-0.2, -0.15) is 0 Å². The number of rotatable bonds is 3. The van der Waals surface area contributed by atoms with Gasteiger partial charge in [0.15, 0.2) is 0 Å². The Labute approximate surface area is 115 Å². The Morgan fingerprint density at radius 3 is 2.61 bits per heavy atom. The Balaban J connectivity index is 2.10. The molecule has 0 atom stereocenters. The van der Waals surface area contributed by atoms with Crippen LogP contribution in [-0.4, -0.2) is 10.1 Å². The van der Waals surface area contributed by atoms with E-state index in [0.29, 0.717) is 12.3 Å². The second-order valence-electron chi connectivity index (χ2n) is 4.28. The highest BCUT2D eigenvalue weighted by atomic mass is 79.9. The van der Waals surface area contributed by atoms with Gasteiger partial charge in [-0.1, -0.05) is 6.07 Å². The van der Waals surface area contributed by atoms with E-state index in [1.54, 1.807) is 12.3 Å². The minimum absolute atomic E-state index is 0.322. The van der Waals surface area contributed by atoms with E-state index in [4.69, 9.17) is 0 Å². The van der Waals surface area contributed by atoms with Crippen LogP contribution in [0.25, 0.3) is 0 Å². The molecule has 0 aliphatic carbocycles. The van der Waals surface area contributed by atoms with Crippen molar-refractivity contribution >= 4 is 21.7 Å². The van der Waals surface area contributed by atoms with Gasteiger partial charge in [-0.05, 0) is 59.1 Å². The lowest BCUT2D eigenvalue weighted by Crippen LogP contribution is -2.02. The summed E-state index contributed by atoms with van der Waals surface area (Å²) < 4.78 is 0.946. The molecule has 0 spiro atoms. The number of aromatic hydroxyl groups is 1. The molecule has 2 rings (SSSR count). The Morgan fingerprint density at radius 1 is 1.22 bits per heavy atom. The topological polar surface area (TPSA) is 45.1 Å². The molecule has 1 aromatic carbocycles. The molecule has 0 aliphatic heterocycles. The van der Waals surface area contributed by atoms with Crippen LogP contribution < -0.4 is 5.32 Å². The van der Waals surface area contributed by atoms with Crippen LogP contribution in [0.15, 0.2) is 34.9 Å². The lowest BCUT2D eigenvalue weighted by Gasteiger charge is -2.10. The van der Waals surface area contributed by atoms with Gasteiger partial charge in [-0.25, -0.2) is 4.98 Å². The van der Waals surface area contributed by atoms with E-state index in [1.807, 2.05) is 32.0 Å². The number of benzene rings is 1. The SMILES string of the molecule is Cc1cc(O)c(CNc2ccc(Br)cn2)cc1C. The van der Waals surface area contributed by atoms with Crippen molar-refractivity contribution in [3.05, 3.63) is 51.6 Å². The molecule has 1 aromatic heterocycles. The second kappa shape index (κ2) is 5.40. The van der Waals surface area contributed by atoms with Crippen molar-refractivity contribution in [3.8, 4) is 5.75 Å². The van der Waals surface area contributed by atoms with Gasteiger partial charge in [0, 0.05) is 22.8 Å². The van der Waals surface area contributed by atoms with Crippen LogP contribution >= 0.6 is 15.9 Å². The van der Waals surface area contributed by atoms with Gasteiger partial charge in [0.2, 0.25) is 0 Å². The summed E-state index contributed by atoms with van der Waals surface area (Å²) in [4.78, 5) is 4.22. The van der Waals surface area contributed by atoms with Crippen molar-refractivity contribution in [3.63, 3.8) is 0 Å². The molecule has 18 heavy (non-hydrogen) atoms. The summed E-state index contributed by atoms with van der Waals surface area (Å²) in [6.07, 6.45) is 1.74. The first kappa shape index (κ1) is 12.9. The fourth-order valence-corrected chi connectivity index (χ4v) is 1.90. The van der Waals surface area contributed by atoms with Gasteiger partial charge in [0.05, 0.1) is 0 Å². The molecule has 2 aromatic rings. The van der Waals surface area contributed by atoms with E-state index in [-0.39, 0.29) is 0 Å². The zero-order valence-corrected chi connectivity index (χ0v) is 12.0. The molecule has 0 saturated carbocycles. The number of phenolic OH excluding ortho intramolecular Hbond substituents is 1. The van der Waals surface area contributed by atoms with Crippen molar-refractivity contribution in [2.24, 2.45) is 0 Å². The molecule has 4 heteroatoms. The van der Waals surface area contributed by atoms with E-state index in [1.165, 1.54) is 5.56 Å². The average Bonchev–Trinajstić information content (AvgIpc) is 2.34. The Kier molecular flexibility index (Phi) is 3.87. The van der Waals surface area contributed by atoms with E-state index in [9.17, 15) is 5.11 Å². The van der Waals surface area contributed by atoms with Crippen molar-refractivity contribution in [2.75, 3.05) is 5.32 Å². The Bertz CT molecular complexity index is 552. The zero-order valence-electron chi connectivity index (χ0n) is 10.4. The normalized spacial score (nSPS) is 10.4. The number of anilines is 1. The molecule has 0 aliphatic rings. The van der Waals surface area contributed by atoms with Gasteiger partial charge < -0.3 is 10.4 Å². The second-order valence-corrected chi connectivity index (χ2v) is 5.20. The zero-order chi connectivity index (χ0) is 13.1. The molecular weight excluding hydrogens is 292 g/mol. The molecule has 2 N–H and O–H groups in total. The van der Waals surface area contributed by atoms with E-state index in [2.05, 4.69) is 26.2 Å². The first-order valence-corrected chi connectivity index (χ1v) is 6.50. The summed E-state index contributed by atoms with van der Waals surface area (Å²) in [7, 11) is 0. The standard InChI is InChI=1S/C14H15BrN2O/c1-9-5-11(13(18)6-10(9)2)7-16-14-4-3-12(15)8-17-14/h3-6,8,18H,7H2,1-2H3,(H,16,17). The van der Waals surface area contributed by atoms with Crippen LogP contribution in [0.2, 0.25) is 0 Å². The predicted octanol–water partition coefficient (Wildman–Crippen LogP) is 3.78. The first-order chi connectivity index (χ1) is 8.56. The number of phenols is 1. The summed E-state index contributed by atoms with van der Waals surface area (Å²) >= 11 is 3.34. The minimum atomic E-state index is 0.322. The summed E-state index contributed by atoms with van der Waals surface area (Å²) in [6.45, 7) is 4.58. The fourth-order valence-electron chi connectivity index (χ4n) is 1.67. The molecule has 3 nitrogen and oxygen atoms in total. The molecular formula is C14H15BrN2O. The molecule has 0 radical (unpaired) electrons. The van der Waals surface area contributed by atoms with Crippen molar-refractivity contribution < 1.29 is 5.11 Å². The van der Waals surface area contributed by atoms with Gasteiger partial charge in [-0.3, -0.25) is 0 Å². The molecule has 94 valence electrons. The molecule has 1 heterocycles. The number of aromatic nitrogens is 1. The molecule has 0 amide bonds. The van der Waals surface area contributed by atoms with Gasteiger partial charge in [-0.15, -0.1) is 0 Å². The third kappa shape index (κ3) is 3.01. The maximum Gasteiger partial charge on any atom is 0.126 e. The number of aryl methyl sites for hydroxylation is 2.